The molecular weight excluding hydrogens is 328 g/mol. The third-order valence-corrected chi connectivity index (χ3v) is 6.42. The van der Waals surface area contributed by atoms with Crippen molar-refractivity contribution >= 4 is 23.1 Å². The molecule has 3 atom stereocenters. The molecule has 0 saturated carbocycles. The molecule has 2 aromatic rings. The number of hydrogen-bond acceptors (Lipinski definition) is 3. The molecule has 25 heavy (non-hydrogen) atoms. The van der Waals surface area contributed by atoms with Gasteiger partial charge in [0, 0.05) is 17.6 Å². The summed E-state index contributed by atoms with van der Waals surface area (Å²) in [6.45, 7) is 0.782. The highest BCUT2D eigenvalue weighted by Gasteiger charge is 2.54. The summed E-state index contributed by atoms with van der Waals surface area (Å²) in [6.07, 6.45) is 4.30. The predicted molar refractivity (Wildman–Crippen MR) is 103 cm³/mol. The minimum absolute atomic E-state index is 0.266. The molecule has 3 heteroatoms. The highest BCUT2D eigenvalue weighted by Crippen LogP contribution is 2.55. The molecule has 1 saturated heterocycles. The topological polar surface area (TPSA) is 18.5 Å². The van der Waals surface area contributed by atoms with Crippen molar-refractivity contribution < 1.29 is 9.47 Å². The second-order valence-corrected chi connectivity index (χ2v) is 7.80. The average Bonchev–Trinajstić information content (AvgIpc) is 3.34. The molecule has 2 nitrogen and oxygen atoms in total. The molecule has 2 aromatic carbocycles. The van der Waals surface area contributed by atoms with Crippen LogP contribution in [0.1, 0.15) is 24.0 Å². The highest BCUT2D eigenvalue weighted by atomic mass is 32.2. The first-order valence-corrected chi connectivity index (χ1v) is 9.82. The van der Waals surface area contributed by atoms with Crippen LogP contribution in [0.15, 0.2) is 72.1 Å². The van der Waals surface area contributed by atoms with Gasteiger partial charge in [0.15, 0.2) is 0 Å². The summed E-state index contributed by atoms with van der Waals surface area (Å²) < 4.78 is 12.9. The SMILES string of the molecule is C1=CC2[C@H](S1)C(c1ccccc1)=C(c1ccccc1)O[C@@]21CCCO1. The van der Waals surface area contributed by atoms with Crippen molar-refractivity contribution in [2.45, 2.75) is 23.9 Å². The van der Waals surface area contributed by atoms with E-state index in [2.05, 4.69) is 66.1 Å². The summed E-state index contributed by atoms with van der Waals surface area (Å²) in [5.41, 5.74) is 3.65. The van der Waals surface area contributed by atoms with Gasteiger partial charge in [-0.25, -0.2) is 0 Å². The Hall–Kier alpha value is -1.97. The van der Waals surface area contributed by atoms with Crippen molar-refractivity contribution in [3.8, 4) is 0 Å². The van der Waals surface area contributed by atoms with E-state index < -0.39 is 5.79 Å². The molecule has 3 aliphatic rings. The molecule has 1 spiro atoms. The molecule has 0 N–H and O–H groups in total. The summed E-state index contributed by atoms with van der Waals surface area (Å²) in [5.74, 6) is 0.738. The number of ether oxygens (including phenoxy) is 2. The number of fused-ring (bicyclic) bond motifs is 2. The Labute approximate surface area is 152 Å². The normalized spacial score (nSPS) is 30.6. The standard InChI is InChI=1S/C22H20O2S/c1-3-8-16(9-4-1)19-20(17-10-5-2-6-11-17)24-22(13-7-14-23-22)18-12-15-25-21(18)19/h1-6,8-12,15,18,21H,7,13-14H2/t18?,21-,22-/m0/s1. The van der Waals surface area contributed by atoms with Crippen LogP contribution in [-0.2, 0) is 9.47 Å². The number of benzene rings is 2. The summed E-state index contributed by atoms with van der Waals surface area (Å²) in [6, 6.07) is 21.1. The Bertz CT molecular complexity index is 820. The third kappa shape index (κ3) is 2.45. The van der Waals surface area contributed by atoms with Crippen molar-refractivity contribution in [1.29, 1.82) is 0 Å². The lowest BCUT2D eigenvalue weighted by atomic mass is 9.82. The summed E-state index contributed by atoms with van der Waals surface area (Å²) in [7, 11) is 0. The summed E-state index contributed by atoms with van der Waals surface area (Å²) in [4.78, 5) is 0. The van der Waals surface area contributed by atoms with Crippen LogP contribution in [0.5, 0.6) is 0 Å². The van der Waals surface area contributed by atoms with E-state index >= 15 is 0 Å². The van der Waals surface area contributed by atoms with E-state index in [9.17, 15) is 0 Å². The van der Waals surface area contributed by atoms with E-state index in [0.29, 0.717) is 5.25 Å². The van der Waals surface area contributed by atoms with Crippen molar-refractivity contribution in [3.05, 3.63) is 83.3 Å². The monoisotopic (exact) mass is 348 g/mol. The Balaban J connectivity index is 1.73. The van der Waals surface area contributed by atoms with Crippen LogP contribution in [0, 0.1) is 5.92 Å². The van der Waals surface area contributed by atoms with Gasteiger partial charge in [-0.2, -0.15) is 0 Å². The zero-order valence-electron chi connectivity index (χ0n) is 13.9. The Morgan fingerprint density at radius 1 is 0.920 bits per heavy atom. The average molecular weight is 348 g/mol. The predicted octanol–water partition coefficient (Wildman–Crippen LogP) is 5.34. The van der Waals surface area contributed by atoms with E-state index in [1.165, 1.54) is 11.1 Å². The first-order chi connectivity index (χ1) is 12.4. The lowest BCUT2D eigenvalue weighted by molar-refractivity contribution is -0.194. The molecule has 0 aromatic heterocycles. The molecular formula is C22H20O2S. The quantitative estimate of drug-likeness (QED) is 0.730. The van der Waals surface area contributed by atoms with E-state index in [1.807, 2.05) is 17.8 Å². The molecule has 0 aliphatic carbocycles. The molecule has 3 aliphatic heterocycles. The molecule has 0 radical (unpaired) electrons. The van der Waals surface area contributed by atoms with E-state index in [1.54, 1.807) is 0 Å². The molecule has 0 bridgehead atoms. The lowest BCUT2D eigenvalue weighted by Crippen LogP contribution is -2.46. The van der Waals surface area contributed by atoms with Gasteiger partial charge in [0.1, 0.15) is 5.76 Å². The molecule has 0 amide bonds. The van der Waals surface area contributed by atoms with Gasteiger partial charge in [0.05, 0.1) is 17.8 Å². The molecule has 5 rings (SSSR count). The molecule has 126 valence electrons. The number of rotatable bonds is 2. The Morgan fingerprint density at radius 3 is 2.32 bits per heavy atom. The van der Waals surface area contributed by atoms with Crippen molar-refractivity contribution in [2.24, 2.45) is 5.92 Å². The Morgan fingerprint density at radius 2 is 1.64 bits per heavy atom. The maximum Gasteiger partial charge on any atom is 0.218 e. The van der Waals surface area contributed by atoms with Crippen molar-refractivity contribution in [2.75, 3.05) is 6.61 Å². The van der Waals surface area contributed by atoms with Gasteiger partial charge in [-0.3, -0.25) is 0 Å². The lowest BCUT2D eigenvalue weighted by Gasteiger charge is -2.43. The fraction of sp³-hybridized carbons (Fsp3) is 0.273. The number of thioether (sulfide) groups is 1. The van der Waals surface area contributed by atoms with E-state index in [0.717, 1.165) is 30.8 Å². The molecule has 3 heterocycles. The molecule has 1 unspecified atom stereocenters. The smallest absolute Gasteiger partial charge is 0.218 e. The van der Waals surface area contributed by atoms with Crippen LogP contribution in [0.4, 0.5) is 0 Å². The fourth-order valence-electron chi connectivity index (χ4n) is 4.15. The zero-order valence-corrected chi connectivity index (χ0v) is 14.7. The van der Waals surface area contributed by atoms with Crippen LogP contribution in [0.3, 0.4) is 0 Å². The molecule has 1 fully saturated rings. The maximum atomic E-state index is 6.69. The van der Waals surface area contributed by atoms with Crippen LogP contribution < -0.4 is 0 Å². The third-order valence-electron chi connectivity index (χ3n) is 5.29. The summed E-state index contributed by atoms with van der Waals surface area (Å²) >= 11 is 1.89. The zero-order chi connectivity index (χ0) is 16.7. The van der Waals surface area contributed by atoms with E-state index in [-0.39, 0.29) is 5.92 Å². The van der Waals surface area contributed by atoms with Crippen LogP contribution in [0.2, 0.25) is 0 Å². The second-order valence-electron chi connectivity index (χ2n) is 6.75. The first kappa shape index (κ1) is 15.3. The number of hydrogen-bond donors (Lipinski definition) is 0. The van der Waals surface area contributed by atoms with Gasteiger partial charge >= 0.3 is 0 Å². The van der Waals surface area contributed by atoms with Crippen LogP contribution in [-0.4, -0.2) is 17.6 Å². The van der Waals surface area contributed by atoms with Crippen molar-refractivity contribution in [1.82, 2.24) is 0 Å². The minimum Gasteiger partial charge on any atom is -0.461 e. The van der Waals surface area contributed by atoms with E-state index in [4.69, 9.17) is 9.47 Å². The first-order valence-electron chi connectivity index (χ1n) is 8.87. The van der Waals surface area contributed by atoms with Gasteiger partial charge in [-0.15, -0.1) is 11.8 Å². The largest absolute Gasteiger partial charge is 0.461 e. The van der Waals surface area contributed by atoms with Gasteiger partial charge in [-0.1, -0.05) is 66.7 Å². The van der Waals surface area contributed by atoms with Crippen LogP contribution in [0.25, 0.3) is 11.3 Å². The minimum atomic E-state index is -0.506. The van der Waals surface area contributed by atoms with Gasteiger partial charge < -0.3 is 9.47 Å². The second kappa shape index (κ2) is 6.08. The summed E-state index contributed by atoms with van der Waals surface area (Å²) in [5, 5.41) is 2.56. The van der Waals surface area contributed by atoms with Gasteiger partial charge in [0.2, 0.25) is 5.79 Å². The maximum absolute atomic E-state index is 6.69. The fourth-order valence-corrected chi connectivity index (χ4v) is 5.42. The highest BCUT2D eigenvalue weighted by molar-refractivity contribution is 8.03. The Kier molecular flexibility index (Phi) is 3.72. The van der Waals surface area contributed by atoms with Crippen molar-refractivity contribution in [3.63, 3.8) is 0 Å². The van der Waals surface area contributed by atoms with Gasteiger partial charge in [-0.05, 0) is 17.4 Å². The van der Waals surface area contributed by atoms with Gasteiger partial charge in [0.25, 0.3) is 0 Å². The van der Waals surface area contributed by atoms with Crippen LogP contribution >= 0.6 is 11.8 Å².